The molecule has 0 bridgehead atoms. The number of rotatable bonds is 8. The molecule has 0 heterocycles. The summed E-state index contributed by atoms with van der Waals surface area (Å²) >= 11 is 0. The molecule has 0 aliphatic heterocycles. The van der Waals surface area contributed by atoms with Gasteiger partial charge in [0.05, 0.1) is 6.04 Å². The number of nitrogens with two attached hydrogens (primary N) is 1. The molecule has 0 rings (SSSR count). The van der Waals surface area contributed by atoms with E-state index in [9.17, 15) is 4.79 Å². The zero-order valence-corrected chi connectivity index (χ0v) is 10.5. The number of hydrogen-bond donors (Lipinski definition) is 3. The van der Waals surface area contributed by atoms with E-state index in [4.69, 9.17) is 15.6 Å². The molecule has 0 aliphatic carbocycles. The Morgan fingerprint density at radius 2 is 2.25 bits per heavy atom. The minimum absolute atomic E-state index is 0.0535. The van der Waals surface area contributed by atoms with Crippen LogP contribution in [-0.2, 0) is 9.53 Å². The van der Waals surface area contributed by atoms with Crippen molar-refractivity contribution in [2.75, 3.05) is 20.3 Å². The average molecular weight is 232 g/mol. The molecule has 0 aromatic heterocycles. The molecule has 0 aromatic carbocycles. The van der Waals surface area contributed by atoms with Crippen LogP contribution in [0, 0.1) is 0 Å². The van der Waals surface area contributed by atoms with Crippen LogP contribution >= 0.6 is 0 Å². The lowest BCUT2D eigenvalue weighted by atomic mass is 9.94. The SMILES string of the molecule is CCC(C)(CCO)NC(=O)C(N)CCOC. The maximum atomic E-state index is 11.7. The van der Waals surface area contributed by atoms with Gasteiger partial charge in [-0.25, -0.2) is 0 Å². The molecule has 0 spiro atoms. The number of ether oxygens (including phenoxy) is 1. The zero-order chi connectivity index (χ0) is 12.6. The standard InChI is InChI=1S/C11H24N2O3/c1-4-11(2,6-7-14)13-10(15)9(12)5-8-16-3/h9,14H,4-8,12H2,1-3H3,(H,13,15). The highest BCUT2D eigenvalue weighted by atomic mass is 16.5. The zero-order valence-electron chi connectivity index (χ0n) is 10.5. The second-order valence-electron chi connectivity index (χ2n) is 4.27. The van der Waals surface area contributed by atoms with Crippen molar-refractivity contribution in [3.63, 3.8) is 0 Å². The number of hydrogen-bond acceptors (Lipinski definition) is 4. The molecule has 0 fully saturated rings. The molecular formula is C11H24N2O3. The Bertz CT molecular complexity index is 211. The fourth-order valence-corrected chi connectivity index (χ4v) is 1.34. The highest BCUT2D eigenvalue weighted by Crippen LogP contribution is 2.13. The monoisotopic (exact) mass is 232 g/mol. The molecule has 16 heavy (non-hydrogen) atoms. The van der Waals surface area contributed by atoms with Gasteiger partial charge in [-0.3, -0.25) is 4.79 Å². The van der Waals surface area contributed by atoms with Gasteiger partial charge in [-0.15, -0.1) is 0 Å². The van der Waals surface area contributed by atoms with E-state index in [1.165, 1.54) is 0 Å². The van der Waals surface area contributed by atoms with E-state index in [1.54, 1.807) is 7.11 Å². The number of carbonyl (C=O) groups is 1. The second-order valence-corrected chi connectivity index (χ2v) is 4.27. The molecule has 0 saturated carbocycles. The first kappa shape index (κ1) is 15.3. The number of nitrogens with one attached hydrogen (secondary N) is 1. The first-order valence-corrected chi connectivity index (χ1v) is 5.66. The minimum Gasteiger partial charge on any atom is -0.396 e. The fraction of sp³-hybridized carbons (Fsp3) is 0.909. The van der Waals surface area contributed by atoms with E-state index < -0.39 is 6.04 Å². The third-order valence-electron chi connectivity index (χ3n) is 2.84. The Morgan fingerprint density at radius 3 is 2.69 bits per heavy atom. The third kappa shape index (κ3) is 5.44. The van der Waals surface area contributed by atoms with E-state index in [0.717, 1.165) is 6.42 Å². The van der Waals surface area contributed by atoms with Gasteiger partial charge in [-0.05, 0) is 26.2 Å². The van der Waals surface area contributed by atoms with Crippen LogP contribution in [-0.4, -0.2) is 42.9 Å². The van der Waals surface area contributed by atoms with Crippen molar-refractivity contribution in [2.24, 2.45) is 5.73 Å². The average Bonchev–Trinajstić information content (AvgIpc) is 2.26. The summed E-state index contributed by atoms with van der Waals surface area (Å²) in [5.74, 6) is -0.185. The molecule has 0 aromatic rings. The van der Waals surface area contributed by atoms with Crippen LogP contribution < -0.4 is 11.1 Å². The van der Waals surface area contributed by atoms with Crippen LogP contribution in [0.5, 0.6) is 0 Å². The smallest absolute Gasteiger partial charge is 0.237 e. The van der Waals surface area contributed by atoms with E-state index in [1.807, 2.05) is 13.8 Å². The van der Waals surface area contributed by atoms with Gasteiger partial charge < -0.3 is 20.9 Å². The molecule has 0 saturated heterocycles. The van der Waals surface area contributed by atoms with Crippen molar-refractivity contribution in [3.05, 3.63) is 0 Å². The molecule has 4 N–H and O–H groups in total. The normalized spacial score (nSPS) is 16.6. The lowest BCUT2D eigenvalue weighted by molar-refractivity contribution is -0.124. The van der Waals surface area contributed by atoms with Crippen molar-refractivity contribution in [1.29, 1.82) is 0 Å². The van der Waals surface area contributed by atoms with E-state index in [0.29, 0.717) is 19.4 Å². The summed E-state index contributed by atoms with van der Waals surface area (Å²) in [6.45, 7) is 4.40. The van der Waals surface area contributed by atoms with Crippen LogP contribution in [0.2, 0.25) is 0 Å². The first-order chi connectivity index (χ1) is 7.49. The van der Waals surface area contributed by atoms with Gasteiger partial charge in [0, 0.05) is 25.9 Å². The maximum absolute atomic E-state index is 11.7. The van der Waals surface area contributed by atoms with Gasteiger partial charge in [0.15, 0.2) is 0 Å². The molecule has 2 atom stereocenters. The van der Waals surface area contributed by atoms with E-state index in [-0.39, 0.29) is 18.1 Å². The van der Waals surface area contributed by atoms with Gasteiger partial charge in [-0.2, -0.15) is 0 Å². The summed E-state index contributed by atoms with van der Waals surface area (Å²) in [5.41, 5.74) is 5.33. The molecule has 0 radical (unpaired) electrons. The highest BCUT2D eigenvalue weighted by molar-refractivity contribution is 5.82. The van der Waals surface area contributed by atoms with E-state index in [2.05, 4.69) is 5.32 Å². The van der Waals surface area contributed by atoms with Crippen LogP contribution in [0.1, 0.15) is 33.1 Å². The van der Waals surface area contributed by atoms with Gasteiger partial charge in [-0.1, -0.05) is 6.92 Å². The Labute approximate surface area is 97.3 Å². The Hall–Kier alpha value is -0.650. The molecule has 5 heteroatoms. The Morgan fingerprint density at radius 1 is 1.62 bits per heavy atom. The molecule has 1 amide bonds. The third-order valence-corrected chi connectivity index (χ3v) is 2.84. The van der Waals surface area contributed by atoms with Gasteiger partial charge in [0.1, 0.15) is 0 Å². The fourth-order valence-electron chi connectivity index (χ4n) is 1.34. The van der Waals surface area contributed by atoms with Crippen molar-refractivity contribution in [2.45, 2.75) is 44.7 Å². The lowest BCUT2D eigenvalue weighted by Gasteiger charge is -2.30. The summed E-state index contributed by atoms with van der Waals surface area (Å²) < 4.78 is 4.87. The van der Waals surface area contributed by atoms with E-state index >= 15 is 0 Å². The molecule has 5 nitrogen and oxygen atoms in total. The molecule has 0 aliphatic rings. The first-order valence-electron chi connectivity index (χ1n) is 5.66. The minimum atomic E-state index is -0.551. The van der Waals surface area contributed by atoms with Crippen molar-refractivity contribution in [1.82, 2.24) is 5.32 Å². The molecule has 96 valence electrons. The van der Waals surface area contributed by atoms with Crippen molar-refractivity contribution in [3.8, 4) is 0 Å². The van der Waals surface area contributed by atoms with Gasteiger partial charge in [0.2, 0.25) is 5.91 Å². The van der Waals surface area contributed by atoms with Crippen LogP contribution in [0.4, 0.5) is 0 Å². The van der Waals surface area contributed by atoms with Crippen molar-refractivity contribution < 1.29 is 14.6 Å². The van der Waals surface area contributed by atoms with Crippen LogP contribution in [0.15, 0.2) is 0 Å². The number of methoxy groups -OCH3 is 1. The maximum Gasteiger partial charge on any atom is 0.237 e. The van der Waals surface area contributed by atoms with Crippen LogP contribution in [0.3, 0.4) is 0 Å². The quantitative estimate of drug-likeness (QED) is 0.550. The summed E-state index contributed by atoms with van der Waals surface area (Å²) in [7, 11) is 1.58. The summed E-state index contributed by atoms with van der Waals surface area (Å²) in [6.07, 6.45) is 1.80. The molecular weight excluding hydrogens is 208 g/mol. The molecule has 2 unspecified atom stereocenters. The number of aliphatic hydroxyl groups is 1. The summed E-state index contributed by atoms with van der Waals surface area (Å²) in [5, 5.41) is 11.8. The van der Waals surface area contributed by atoms with Crippen molar-refractivity contribution >= 4 is 5.91 Å². The predicted molar refractivity (Wildman–Crippen MR) is 63.0 cm³/mol. The van der Waals surface area contributed by atoms with Gasteiger partial charge in [0.25, 0.3) is 0 Å². The van der Waals surface area contributed by atoms with Crippen LogP contribution in [0.25, 0.3) is 0 Å². The number of amides is 1. The number of aliphatic hydroxyl groups excluding tert-OH is 1. The summed E-state index contributed by atoms with van der Waals surface area (Å²) in [4.78, 5) is 11.7. The second kappa shape index (κ2) is 7.60. The topological polar surface area (TPSA) is 84.6 Å². The van der Waals surface area contributed by atoms with Gasteiger partial charge >= 0.3 is 0 Å². The lowest BCUT2D eigenvalue weighted by Crippen LogP contribution is -2.52. The largest absolute Gasteiger partial charge is 0.396 e. The summed E-state index contributed by atoms with van der Waals surface area (Å²) in [6, 6.07) is -0.551. The number of carbonyl (C=O) groups excluding carboxylic acids is 1. The predicted octanol–water partition coefficient (Wildman–Crippen LogP) is 0.0175. The highest BCUT2D eigenvalue weighted by Gasteiger charge is 2.25. The Kier molecular flexibility index (Phi) is 7.29. The Balaban J connectivity index is 4.18.